The topological polar surface area (TPSA) is 27.8 Å². The summed E-state index contributed by atoms with van der Waals surface area (Å²) in [4.78, 5) is 3.16. The van der Waals surface area contributed by atoms with Crippen LogP contribution in [0.2, 0.25) is 0 Å². The molecule has 2 aliphatic rings. The van der Waals surface area contributed by atoms with Gasteiger partial charge in [0, 0.05) is 24.4 Å². The van der Waals surface area contributed by atoms with E-state index in [1.165, 1.54) is 31.4 Å². The fraction of sp³-hybridized carbons (Fsp3) is 0.636. The quantitative estimate of drug-likeness (QED) is 0.671. The first-order valence-electron chi connectivity index (χ1n) is 5.29. The maximum atomic E-state index is 3.64. The smallest absolute Gasteiger partial charge is 0.0140 e. The predicted molar refractivity (Wildman–Crippen MR) is 52.7 cm³/mol. The summed E-state index contributed by atoms with van der Waals surface area (Å²) in [7, 11) is 0. The first kappa shape index (κ1) is 7.63. The lowest BCUT2D eigenvalue weighted by molar-refractivity contribution is 0.363. The van der Waals surface area contributed by atoms with Crippen LogP contribution in [0.3, 0.4) is 0 Å². The average molecular weight is 176 g/mol. The minimum Gasteiger partial charge on any atom is -0.367 e. The zero-order valence-electron chi connectivity index (χ0n) is 7.79. The van der Waals surface area contributed by atoms with Crippen molar-refractivity contribution < 1.29 is 0 Å². The van der Waals surface area contributed by atoms with Gasteiger partial charge in [0.1, 0.15) is 0 Å². The molecule has 2 heteroatoms. The molecule has 1 saturated heterocycles. The molecule has 1 aliphatic heterocycles. The predicted octanol–water partition coefficient (Wildman–Crippen LogP) is 1.87. The van der Waals surface area contributed by atoms with E-state index in [0.29, 0.717) is 0 Å². The van der Waals surface area contributed by atoms with Gasteiger partial charge in [0.25, 0.3) is 0 Å². The Bertz CT molecular complexity index is 278. The monoisotopic (exact) mass is 176 g/mol. The third kappa shape index (κ3) is 1.20. The lowest BCUT2D eigenvalue weighted by Crippen LogP contribution is -2.29. The molecule has 3 unspecified atom stereocenters. The minimum atomic E-state index is 0.759. The normalized spacial score (nSPS) is 38.0. The fourth-order valence-corrected chi connectivity index (χ4v) is 2.95. The highest BCUT2D eigenvalue weighted by atomic mass is 15.0. The molecule has 3 rings (SSSR count). The molecule has 0 aromatic carbocycles. The van der Waals surface area contributed by atoms with Crippen LogP contribution in [-0.2, 0) is 0 Å². The SMILES string of the molecule is c1cc(C2CCC3CNC2C3)c[nH]1. The van der Waals surface area contributed by atoms with Crippen molar-refractivity contribution in [3.8, 4) is 0 Å². The summed E-state index contributed by atoms with van der Waals surface area (Å²) in [6.07, 6.45) is 8.39. The van der Waals surface area contributed by atoms with Crippen molar-refractivity contribution in [2.75, 3.05) is 6.54 Å². The Labute approximate surface area is 78.7 Å². The highest BCUT2D eigenvalue weighted by molar-refractivity contribution is 5.19. The van der Waals surface area contributed by atoms with E-state index in [-0.39, 0.29) is 0 Å². The zero-order chi connectivity index (χ0) is 8.67. The molecular formula is C11H16N2. The van der Waals surface area contributed by atoms with Crippen LogP contribution in [0.1, 0.15) is 30.7 Å². The van der Waals surface area contributed by atoms with Gasteiger partial charge in [0.05, 0.1) is 0 Å². The van der Waals surface area contributed by atoms with Crippen LogP contribution in [-0.4, -0.2) is 17.6 Å². The van der Waals surface area contributed by atoms with Gasteiger partial charge in [-0.15, -0.1) is 0 Å². The van der Waals surface area contributed by atoms with Crippen molar-refractivity contribution in [3.63, 3.8) is 0 Å². The molecule has 2 bridgehead atoms. The van der Waals surface area contributed by atoms with Crippen molar-refractivity contribution >= 4 is 0 Å². The van der Waals surface area contributed by atoms with Gasteiger partial charge in [-0.3, -0.25) is 0 Å². The lowest BCUT2D eigenvalue weighted by atomic mass is 9.79. The van der Waals surface area contributed by atoms with Crippen molar-refractivity contribution in [2.24, 2.45) is 5.92 Å². The molecule has 0 amide bonds. The number of H-pyrrole nitrogens is 1. The molecule has 2 nitrogen and oxygen atoms in total. The second-order valence-electron chi connectivity index (χ2n) is 4.44. The Morgan fingerprint density at radius 1 is 1.31 bits per heavy atom. The van der Waals surface area contributed by atoms with Gasteiger partial charge in [-0.05, 0) is 43.4 Å². The number of aromatic nitrogens is 1. The molecule has 0 radical (unpaired) electrons. The third-order valence-electron chi connectivity index (χ3n) is 3.68. The Kier molecular flexibility index (Phi) is 1.69. The third-order valence-corrected chi connectivity index (χ3v) is 3.68. The molecule has 3 atom stereocenters. The minimum absolute atomic E-state index is 0.759. The van der Waals surface area contributed by atoms with E-state index in [9.17, 15) is 0 Å². The van der Waals surface area contributed by atoms with E-state index < -0.39 is 0 Å². The molecule has 2 heterocycles. The number of hydrogen-bond acceptors (Lipinski definition) is 1. The van der Waals surface area contributed by atoms with Gasteiger partial charge in [-0.25, -0.2) is 0 Å². The fourth-order valence-electron chi connectivity index (χ4n) is 2.95. The van der Waals surface area contributed by atoms with E-state index in [4.69, 9.17) is 0 Å². The first-order valence-corrected chi connectivity index (χ1v) is 5.29. The molecule has 1 saturated carbocycles. The number of aromatic amines is 1. The molecule has 13 heavy (non-hydrogen) atoms. The Morgan fingerprint density at radius 3 is 3.15 bits per heavy atom. The van der Waals surface area contributed by atoms with E-state index in [1.54, 1.807) is 0 Å². The zero-order valence-corrected chi connectivity index (χ0v) is 7.79. The van der Waals surface area contributed by atoms with Gasteiger partial charge < -0.3 is 10.3 Å². The first-order chi connectivity index (χ1) is 6.43. The molecule has 2 N–H and O–H groups in total. The Balaban J connectivity index is 1.84. The van der Waals surface area contributed by atoms with Gasteiger partial charge in [0.2, 0.25) is 0 Å². The maximum absolute atomic E-state index is 3.64. The Morgan fingerprint density at radius 2 is 2.31 bits per heavy atom. The molecule has 70 valence electrons. The summed E-state index contributed by atoms with van der Waals surface area (Å²) < 4.78 is 0. The Hall–Kier alpha value is -0.760. The summed E-state index contributed by atoms with van der Waals surface area (Å²) in [6, 6.07) is 2.99. The summed E-state index contributed by atoms with van der Waals surface area (Å²) in [5.74, 6) is 1.74. The second kappa shape index (κ2) is 2.88. The number of nitrogens with one attached hydrogen (secondary N) is 2. The van der Waals surface area contributed by atoms with Crippen LogP contribution in [0.25, 0.3) is 0 Å². The van der Waals surface area contributed by atoms with Crippen LogP contribution >= 0.6 is 0 Å². The number of fused-ring (bicyclic) bond motifs is 2. The van der Waals surface area contributed by atoms with Gasteiger partial charge in [0.15, 0.2) is 0 Å². The van der Waals surface area contributed by atoms with E-state index in [1.807, 2.05) is 6.20 Å². The standard InChI is InChI=1S/C11H16N2/c1-2-10(9-3-4-12-7-9)11-5-8(1)6-13-11/h3-4,7-8,10-13H,1-2,5-6H2. The van der Waals surface area contributed by atoms with Crippen LogP contribution in [0, 0.1) is 5.92 Å². The van der Waals surface area contributed by atoms with E-state index >= 15 is 0 Å². The van der Waals surface area contributed by atoms with Crippen molar-refractivity contribution in [3.05, 3.63) is 24.0 Å². The highest BCUT2D eigenvalue weighted by Gasteiger charge is 2.35. The molecule has 1 aromatic heterocycles. The summed E-state index contributed by atoms with van der Waals surface area (Å²) in [5.41, 5.74) is 1.50. The van der Waals surface area contributed by atoms with Crippen LogP contribution < -0.4 is 5.32 Å². The number of rotatable bonds is 1. The van der Waals surface area contributed by atoms with Crippen LogP contribution in [0.15, 0.2) is 18.5 Å². The molecule has 2 fully saturated rings. The average Bonchev–Trinajstić information content (AvgIpc) is 2.77. The van der Waals surface area contributed by atoms with Crippen molar-refractivity contribution in [1.29, 1.82) is 0 Å². The second-order valence-corrected chi connectivity index (χ2v) is 4.44. The molecular weight excluding hydrogens is 160 g/mol. The van der Waals surface area contributed by atoms with Crippen molar-refractivity contribution in [1.82, 2.24) is 10.3 Å². The summed E-state index contributed by atoms with van der Waals surface area (Å²) in [6.45, 7) is 1.26. The maximum Gasteiger partial charge on any atom is 0.0140 e. The van der Waals surface area contributed by atoms with E-state index in [2.05, 4.69) is 22.6 Å². The molecule has 1 aromatic rings. The van der Waals surface area contributed by atoms with Gasteiger partial charge in [-0.2, -0.15) is 0 Å². The van der Waals surface area contributed by atoms with Gasteiger partial charge >= 0.3 is 0 Å². The molecule has 1 aliphatic carbocycles. The number of hydrogen-bond donors (Lipinski definition) is 2. The van der Waals surface area contributed by atoms with Crippen LogP contribution in [0.4, 0.5) is 0 Å². The van der Waals surface area contributed by atoms with Gasteiger partial charge in [-0.1, -0.05) is 0 Å². The summed E-state index contributed by atoms with van der Waals surface area (Å²) in [5, 5.41) is 3.64. The summed E-state index contributed by atoms with van der Waals surface area (Å²) >= 11 is 0. The largest absolute Gasteiger partial charge is 0.367 e. The van der Waals surface area contributed by atoms with Crippen molar-refractivity contribution in [2.45, 2.75) is 31.2 Å². The van der Waals surface area contributed by atoms with E-state index in [0.717, 1.165) is 17.9 Å². The highest BCUT2D eigenvalue weighted by Crippen LogP contribution is 2.39. The molecule has 0 spiro atoms. The lowest BCUT2D eigenvalue weighted by Gasteiger charge is -2.27. The van der Waals surface area contributed by atoms with Crippen LogP contribution in [0.5, 0.6) is 0 Å².